The molecule has 17 heavy (non-hydrogen) atoms. The third kappa shape index (κ3) is 3.17. The molecule has 1 nitrogen and oxygen atoms in total. The maximum atomic E-state index is 6.26. The molecule has 1 heterocycles. The maximum Gasteiger partial charge on any atom is 0.0467 e. The Hall–Kier alpha value is -0.210. The summed E-state index contributed by atoms with van der Waals surface area (Å²) in [4.78, 5) is 2.49. The molecule has 1 aliphatic heterocycles. The Kier molecular flexibility index (Phi) is 4.75. The predicted octanol–water partition coefficient (Wildman–Crippen LogP) is 4.86. The average Bonchev–Trinajstić information content (AvgIpc) is 2.54. The minimum Gasteiger partial charge on any atom is -0.371 e. The van der Waals surface area contributed by atoms with Crippen LogP contribution in [0.3, 0.4) is 0 Å². The summed E-state index contributed by atoms with van der Waals surface area (Å²) in [6, 6.07) is 6.22. The molecular formula is C14H19BrClN. The van der Waals surface area contributed by atoms with E-state index in [1.54, 1.807) is 0 Å². The van der Waals surface area contributed by atoms with Crippen LogP contribution in [0.1, 0.15) is 31.7 Å². The van der Waals surface area contributed by atoms with Gasteiger partial charge in [0.15, 0.2) is 0 Å². The van der Waals surface area contributed by atoms with Gasteiger partial charge in [0.05, 0.1) is 0 Å². The topological polar surface area (TPSA) is 3.24 Å². The number of hydrogen-bond donors (Lipinski definition) is 0. The lowest BCUT2D eigenvalue weighted by molar-refractivity contribution is 0.521. The number of anilines is 1. The highest BCUT2D eigenvalue weighted by Crippen LogP contribution is 2.31. The maximum absolute atomic E-state index is 6.26. The first-order valence-corrected chi connectivity index (χ1v) is 7.80. The smallest absolute Gasteiger partial charge is 0.0467 e. The van der Waals surface area contributed by atoms with E-state index in [1.807, 2.05) is 6.07 Å². The Labute approximate surface area is 117 Å². The van der Waals surface area contributed by atoms with E-state index in [1.165, 1.54) is 30.5 Å². The van der Waals surface area contributed by atoms with Gasteiger partial charge in [-0.3, -0.25) is 0 Å². The zero-order chi connectivity index (χ0) is 12.3. The second kappa shape index (κ2) is 6.10. The van der Waals surface area contributed by atoms with Crippen LogP contribution in [0.5, 0.6) is 0 Å². The zero-order valence-electron chi connectivity index (χ0n) is 10.3. The molecule has 1 aromatic rings. The van der Waals surface area contributed by atoms with Crippen molar-refractivity contribution in [1.82, 2.24) is 0 Å². The van der Waals surface area contributed by atoms with Crippen molar-refractivity contribution in [2.75, 3.05) is 18.0 Å². The first kappa shape index (κ1) is 13.2. The fourth-order valence-corrected chi connectivity index (χ4v) is 3.47. The number of nitrogens with zero attached hydrogens (tertiary/aromatic N) is 1. The Morgan fingerprint density at radius 3 is 2.94 bits per heavy atom. The molecular weight excluding hydrogens is 298 g/mol. The van der Waals surface area contributed by atoms with Crippen LogP contribution >= 0.6 is 27.5 Å². The Bertz CT molecular complexity index is 380. The number of alkyl halides is 1. The van der Waals surface area contributed by atoms with Crippen molar-refractivity contribution in [1.29, 1.82) is 0 Å². The molecule has 2 rings (SSSR count). The summed E-state index contributed by atoms with van der Waals surface area (Å²) in [6.07, 6.45) is 3.92. The van der Waals surface area contributed by atoms with Crippen molar-refractivity contribution in [2.45, 2.75) is 31.5 Å². The summed E-state index contributed by atoms with van der Waals surface area (Å²) in [5.41, 5.74) is 2.53. The molecule has 0 spiro atoms. The lowest BCUT2D eigenvalue weighted by Gasteiger charge is -2.25. The third-order valence-corrected chi connectivity index (χ3v) is 4.50. The van der Waals surface area contributed by atoms with E-state index < -0.39 is 0 Å². The number of halogens is 2. The van der Waals surface area contributed by atoms with E-state index in [2.05, 4.69) is 39.9 Å². The van der Waals surface area contributed by atoms with Crippen LogP contribution in [-0.4, -0.2) is 13.1 Å². The molecule has 1 saturated heterocycles. The van der Waals surface area contributed by atoms with Gasteiger partial charge in [0, 0.05) is 34.7 Å². The molecule has 1 fully saturated rings. The highest BCUT2D eigenvalue weighted by atomic mass is 79.9. The summed E-state index contributed by atoms with van der Waals surface area (Å²) in [6.45, 7) is 4.67. The van der Waals surface area contributed by atoms with E-state index in [0.29, 0.717) is 0 Å². The Morgan fingerprint density at radius 1 is 1.35 bits per heavy atom. The van der Waals surface area contributed by atoms with E-state index in [0.717, 1.165) is 29.4 Å². The second-order valence-corrected chi connectivity index (χ2v) is 5.86. The summed E-state index contributed by atoms with van der Waals surface area (Å²) < 4.78 is 0. The quantitative estimate of drug-likeness (QED) is 0.704. The number of rotatable bonds is 2. The lowest BCUT2D eigenvalue weighted by atomic mass is 10.0. The molecule has 0 bridgehead atoms. The number of benzene rings is 1. The second-order valence-electron chi connectivity index (χ2n) is 4.89. The van der Waals surface area contributed by atoms with Crippen LogP contribution in [0.2, 0.25) is 5.02 Å². The summed E-state index contributed by atoms with van der Waals surface area (Å²) in [5, 5.41) is 1.70. The normalized spacial score (nSPS) is 21.4. The first-order chi connectivity index (χ1) is 8.22. The highest BCUT2D eigenvalue weighted by molar-refractivity contribution is 9.08. The molecule has 0 radical (unpaired) electrons. The standard InChI is InChI=1S/C14H19BrClN/c1-11-4-3-8-17(9-7-11)14-6-2-5-13(16)12(14)10-15/h2,5-6,11H,3-4,7-10H2,1H3. The Morgan fingerprint density at radius 2 is 2.18 bits per heavy atom. The molecule has 0 N–H and O–H groups in total. The van der Waals surface area contributed by atoms with Crippen molar-refractivity contribution in [2.24, 2.45) is 5.92 Å². The molecule has 1 aromatic carbocycles. The largest absolute Gasteiger partial charge is 0.371 e. The zero-order valence-corrected chi connectivity index (χ0v) is 12.6. The molecule has 1 aliphatic rings. The van der Waals surface area contributed by atoms with Crippen molar-refractivity contribution in [3.05, 3.63) is 28.8 Å². The predicted molar refractivity (Wildman–Crippen MR) is 79.3 cm³/mol. The summed E-state index contributed by atoms with van der Waals surface area (Å²) in [5.74, 6) is 0.853. The molecule has 0 aromatic heterocycles. The van der Waals surface area contributed by atoms with Gasteiger partial charge in [-0.1, -0.05) is 40.5 Å². The van der Waals surface area contributed by atoms with Gasteiger partial charge in [-0.15, -0.1) is 0 Å². The van der Waals surface area contributed by atoms with Crippen molar-refractivity contribution < 1.29 is 0 Å². The summed E-state index contributed by atoms with van der Waals surface area (Å²) >= 11 is 9.81. The van der Waals surface area contributed by atoms with Gasteiger partial charge < -0.3 is 4.90 Å². The molecule has 1 unspecified atom stereocenters. The van der Waals surface area contributed by atoms with Crippen LogP contribution in [0.4, 0.5) is 5.69 Å². The van der Waals surface area contributed by atoms with Gasteiger partial charge >= 0.3 is 0 Å². The van der Waals surface area contributed by atoms with Gasteiger partial charge in [0.1, 0.15) is 0 Å². The van der Waals surface area contributed by atoms with E-state index in [-0.39, 0.29) is 0 Å². The van der Waals surface area contributed by atoms with Crippen LogP contribution < -0.4 is 4.90 Å². The van der Waals surface area contributed by atoms with Gasteiger partial charge in [-0.2, -0.15) is 0 Å². The molecule has 0 aliphatic carbocycles. The summed E-state index contributed by atoms with van der Waals surface area (Å²) in [7, 11) is 0. The molecule has 0 amide bonds. The fraction of sp³-hybridized carbons (Fsp3) is 0.571. The van der Waals surface area contributed by atoms with E-state index in [9.17, 15) is 0 Å². The van der Waals surface area contributed by atoms with Crippen LogP contribution in [0.25, 0.3) is 0 Å². The van der Waals surface area contributed by atoms with Crippen molar-refractivity contribution in [3.8, 4) is 0 Å². The minimum atomic E-state index is 0.827. The number of hydrogen-bond acceptors (Lipinski definition) is 1. The third-order valence-electron chi connectivity index (χ3n) is 3.59. The highest BCUT2D eigenvalue weighted by Gasteiger charge is 2.17. The molecule has 3 heteroatoms. The molecule has 1 atom stereocenters. The SMILES string of the molecule is CC1CCCN(c2cccc(Cl)c2CBr)CC1. The van der Waals surface area contributed by atoms with Gasteiger partial charge in [0.25, 0.3) is 0 Å². The van der Waals surface area contributed by atoms with Gasteiger partial charge in [-0.25, -0.2) is 0 Å². The minimum absolute atomic E-state index is 0.827. The fourth-order valence-electron chi connectivity index (χ4n) is 2.48. The monoisotopic (exact) mass is 315 g/mol. The molecule has 94 valence electrons. The van der Waals surface area contributed by atoms with Gasteiger partial charge in [0.2, 0.25) is 0 Å². The van der Waals surface area contributed by atoms with E-state index in [4.69, 9.17) is 11.6 Å². The van der Waals surface area contributed by atoms with Crippen molar-refractivity contribution >= 4 is 33.2 Å². The van der Waals surface area contributed by atoms with Crippen LogP contribution in [-0.2, 0) is 5.33 Å². The first-order valence-electron chi connectivity index (χ1n) is 6.30. The molecule has 0 saturated carbocycles. The average molecular weight is 317 g/mol. The van der Waals surface area contributed by atoms with Crippen LogP contribution in [0.15, 0.2) is 18.2 Å². The Balaban J connectivity index is 2.23. The van der Waals surface area contributed by atoms with Crippen LogP contribution in [0, 0.1) is 5.92 Å². The van der Waals surface area contributed by atoms with Gasteiger partial charge in [-0.05, 0) is 37.3 Å². The van der Waals surface area contributed by atoms with E-state index >= 15 is 0 Å². The lowest BCUT2D eigenvalue weighted by Crippen LogP contribution is -2.25. The van der Waals surface area contributed by atoms with Crippen molar-refractivity contribution in [3.63, 3.8) is 0 Å².